The van der Waals surface area contributed by atoms with E-state index in [4.69, 9.17) is 21.6 Å². The van der Waals surface area contributed by atoms with Gasteiger partial charge >= 0.3 is 5.97 Å². The number of benzene rings is 2. The second kappa shape index (κ2) is 9.48. The number of nitrogens with one attached hydrogen (secondary N) is 1. The van der Waals surface area contributed by atoms with Gasteiger partial charge in [0, 0.05) is 17.5 Å². The van der Waals surface area contributed by atoms with Crippen molar-refractivity contribution in [1.29, 1.82) is 5.41 Å². The number of nitrogen functional groups attached to an aromatic ring is 1. The summed E-state index contributed by atoms with van der Waals surface area (Å²) in [6.07, 6.45) is 2.65. The summed E-state index contributed by atoms with van der Waals surface area (Å²) < 4.78 is 5.40. The smallest absolute Gasteiger partial charge is 0.311 e. The van der Waals surface area contributed by atoms with Crippen molar-refractivity contribution in [1.82, 2.24) is 0 Å². The minimum absolute atomic E-state index is 0.160. The fourth-order valence-electron chi connectivity index (χ4n) is 2.47. The molecule has 0 aliphatic heterocycles. The lowest BCUT2D eigenvalue weighted by Crippen LogP contribution is -2.15. The largest absolute Gasteiger partial charge is 0.426 e. The maximum Gasteiger partial charge on any atom is 0.311 e. The van der Waals surface area contributed by atoms with Crippen molar-refractivity contribution in [3.8, 4) is 5.75 Å². The van der Waals surface area contributed by atoms with Gasteiger partial charge in [-0.3, -0.25) is 15.0 Å². The molecule has 0 bridgehead atoms. The fraction of sp³-hybridized carbons (Fsp3) is 0.250. The Morgan fingerprint density at radius 1 is 0.962 bits per heavy atom. The number of carbonyl (C=O) groups excluding carboxylic acids is 2. The monoisotopic (exact) mass is 353 g/mol. The highest BCUT2D eigenvalue weighted by atomic mass is 16.5. The molecule has 26 heavy (non-hydrogen) atoms. The number of ketones is 1. The van der Waals surface area contributed by atoms with E-state index >= 15 is 0 Å². The lowest BCUT2D eigenvalue weighted by molar-refractivity contribution is -0.134. The molecule has 0 atom stereocenters. The Morgan fingerprint density at radius 3 is 2.35 bits per heavy atom. The molecule has 0 spiro atoms. The Hall–Kier alpha value is -2.99. The van der Waals surface area contributed by atoms with Gasteiger partial charge in [-0.05, 0) is 37.6 Å². The summed E-state index contributed by atoms with van der Waals surface area (Å²) in [5, 5.41) is 7.57. The first kappa shape index (κ1) is 19.3. The first-order chi connectivity index (χ1) is 12.5. The Balaban J connectivity index is 2.24. The van der Waals surface area contributed by atoms with Gasteiger partial charge in [-0.2, -0.15) is 0 Å². The molecule has 0 aliphatic carbocycles. The molecule has 2 rings (SSSR count). The Kier molecular flexibility index (Phi) is 7.05. The highest BCUT2D eigenvalue weighted by molar-refractivity contribution is 6.12. The van der Waals surface area contributed by atoms with Crippen LogP contribution in [0.1, 0.15) is 47.2 Å². The van der Waals surface area contributed by atoms with E-state index < -0.39 is 5.97 Å². The normalized spacial score (nSPS) is 10.3. The van der Waals surface area contributed by atoms with Gasteiger partial charge in [-0.25, -0.2) is 0 Å². The Labute approximate surface area is 152 Å². The number of esters is 1. The van der Waals surface area contributed by atoms with E-state index in [0.717, 1.165) is 12.8 Å². The van der Waals surface area contributed by atoms with Crippen molar-refractivity contribution in [3.05, 3.63) is 65.2 Å². The quantitative estimate of drug-likeness (QED) is 0.160. The highest BCUT2D eigenvalue weighted by Crippen LogP contribution is 2.24. The number of rotatable bonds is 9. The molecule has 0 heterocycles. The SMILES string of the molecule is N=C(N)c1ccc(OC(=O)CCCCCN)c(C(=O)c2ccccc2)c1. The third-order valence-electron chi connectivity index (χ3n) is 3.88. The van der Waals surface area contributed by atoms with Crippen LogP contribution in [0.2, 0.25) is 0 Å². The van der Waals surface area contributed by atoms with Gasteiger partial charge in [-0.15, -0.1) is 0 Å². The number of unbranched alkanes of at least 4 members (excludes halogenated alkanes) is 2. The number of nitrogens with two attached hydrogens (primary N) is 2. The molecular formula is C20H23N3O3. The average molecular weight is 353 g/mol. The number of hydrogen-bond donors (Lipinski definition) is 3. The van der Waals surface area contributed by atoms with Crippen LogP contribution in [-0.4, -0.2) is 24.1 Å². The molecule has 0 unspecified atom stereocenters. The van der Waals surface area contributed by atoms with Crippen molar-refractivity contribution < 1.29 is 14.3 Å². The number of carbonyl (C=O) groups is 2. The van der Waals surface area contributed by atoms with Gasteiger partial charge < -0.3 is 16.2 Å². The minimum atomic E-state index is -0.403. The maximum atomic E-state index is 12.8. The molecule has 136 valence electrons. The van der Waals surface area contributed by atoms with E-state index in [1.54, 1.807) is 30.3 Å². The van der Waals surface area contributed by atoms with E-state index in [-0.39, 0.29) is 29.4 Å². The number of amidine groups is 1. The van der Waals surface area contributed by atoms with Gasteiger partial charge in [0.05, 0.1) is 5.56 Å². The molecule has 0 saturated heterocycles. The predicted octanol–water partition coefficient (Wildman–Crippen LogP) is 2.63. The number of hydrogen-bond acceptors (Lipinski definition) is 5. The Morgan fingerprint density at radius 2 is 1.69 bits per heavy atom. The first-order valence-electron chi connectivity index (χ1n) is 8.52. The summed E-state index contributed by atoms with van der Waals surface area (Å²) in [6, 6.07) is 13.2. The molecule has 0 amide bonds. The molecule has 5 N–H and O–H groups in total. The van der Waals surface area contributed by atoms with Crippen molar-refractivity contribution in [2.45, 2.75) is 25.7 Å². The lowest BCUT2D eigenvalue weighted by atomic mass is 10.00. The van der Waals surface area contributed by atoms with Crippen molar-refractivity contribution >= 4 is 17.6 Å². The van der Waals surface area contributed by atoms with Crippen LogP contribution < -0.4 is 16.2 Å². The van der Waals surface area contributed by atoms with E-state index in [1.165, 1.54) is 12.1 Å². The van der Waals surface area contributed by atoms with Crippen LogP contribution in [-0.2, 0) is 4.79 Å². The minimum Gasteiger partial charge on any atom is -0.426 e. The first-order valence-corrected chi connectivity index (χ1v) is 8.52. The molecule has 0 radical (unpaired) electrons. The zero-order valence-corrected chi connectivity index (χ0v) is 14.5. The van der Waals surface area contributed by atoms with Crippen molar-refractivity contribution in [2.24, 2.45) is 11.5 Å². The zero-order chi connectivity index (χ0) is 18.9. The lowest BCUT2D eigenvalue weighted by Gasteiger charge is -2.11. The summed E-state index contributed by atoms with van der Waals surface area (Å²) in [7, 11) is 0. The molecule has 0 aromatic heterocycles. The third-order valence-corrected chi connectivity index (χ3v) is 3.88. The Bertz CT molecular complexity index is 788. The summed E-state index contributed by atoms with van der Waals surface area (Å²) in [6.45, 7) is 0.595. The van der Waals surface area contributed by atoms with Crippen LogP contribution in [0.5, 0.6) is 5.75 Å². The third kappa shape index (κ3) is 5.26. The molecule has 2 aromatic rings. The van der Waals surface area contributed by atoms with E-state index in [2.05, 4.69) is 0 Å². The van der Waals surface area contributed by atoms with E-state index in [9.17, 15) is 9.59 Å². The molecular weight excluding hydrogens is 330 g/mol. The molecule has 6 heteroatoms. The van der Waals surface area contributed by atoms with Crippen LogP contribution in [0.3, 0.4) is 0 Å². The second-order valence-corrected chi connectivity index (χ2v) is 5.89. The molecule has 0 fully saturated rings. The fourth-order valence-corrected chi connectivity index (χ4v) is 2.47. The average Bonchev–Trinajstić information content (AvgIpc) is 2.65. The standard InChI is InChI=1S/C20H23N3O3/c21-12-6-2-5-9-18(24)26-17-11-10-15(20(22)23)13-16(17)19(25)14-7-3-1-4-8-14/h1,3-4,7-8,10-11,13H,2,5-6,9,12,21H2,(H3,22,23). The summed E-state index contributed by atoms with van der Waals surface area (Å²) in [5.41, 5.74) is 12.0. The molecule has 0 saturated carbocycles. The summed E-state index contributed by atoms with van der Waals surface area (Å²) in [5.74, 6) is -0.682. The van der Waals surface area contributed by atoms with Gasteiger partial charge in [0.25, 0.3) is 0 Å². The second-order valence-electron chi connectivity index (χ2n) is 5.89. The van der Waals surface area contributed by atoms with Crippen LogP contribution in [0, 0.1) is 5.41 Å². The van der Waals surface area contributed by atoms with E-state index in [1.807, 2.05) is 6.07 Å². The van der Waals surface area contributed by atoms with E-state index in [0.29, 0.717) is 24.1 Å². The molecule has 2 aromatic carbocycles. The number of ether oxygens (including phenoxy) is 1. The predicted molar refractivity (Wildman–Crippen MR) is 100 cm³/mol. The van der Waals surface area contributed by atoms with Gasteiger partial charge in [0.15, 0.2) is 5.78 Å². The van der Waals surface area contributed by atoms with Crippen molar-refractivity contribution in [2.75, 3.05) is 6.54 Å². The zero-order valence-electron chi connectivity index (χ0n) is 14.5. The van der Waals surface area contributed by atoms with Gasteiger partial charge in [-0.1, -0.05) is 36.8 Å². The van der Waals surface area contributed by atoms with Crippen LogP contribution >= 0.6 is 0 Å². The maximum absolute atomic E-state index is 12.8. The van der Waals surface area contributed by atoms with Crippen LogP contribution in [0.4, 0.5) is 0 Å². The van der Waals surface area contributed by atoms with Gasteiger partial charge in [0.1, 0.15) is 11.6 Å². The van der Waals surface area contributed by atoms with Gasteiger partial charge in [0.2, 0.25) is 0 Å². The molecule has 6 nitrogen and oxygen atoms in total. The molecule has 0 aliphatic rings. The topological polar surface area (TPSA) is 119 Å². The summed E-state index contributed by atoms with van der Waals surface area (Å²) in [4.78, 5) is 24.9. The van der Waals surface area contributed by atoms with Crippen LogP contribution in [0.25, 0.3) is 0 Å². The summed E-state index contributed by atoms with van der Waals surface area (Å²) >= 11 is 0. The van der Waals surface area contributed by atoms with Crippen LogP contribution in [0.15, 0.2) is 48.5 Å². The highest BCUT2D eigenvalue weighted by Gasteiger charge is 2.18. The van der Waals surface area contributed by atoms with Crippen molar-refractivity contribution in [3.63, 3.8) is 0 Å².